The summed E-state index contributed by atoms with van der Waals surface area (Å²) in [6, 6.07) is 26.9. The van der Waals surface area contributed by atoms with Crippen LogP contribution in [-0.2, 0) is 33.9 Å². The van der Waals surface area contributed by atoms with Crippen LogP contribution in [0.4, 0.5) is 22.0 Å². The molecule has 6 rings (SSSR count). The molecule has 10 heteroatoms. The third kappa shape index (κ3) is 11.8. The summed E-state index contributed by atoms with van der Waals surface area (Å²) >= 11 is 0. The lowest BCUT2D eigenvalue weighted by molar-refractivity contribution is -0.284. The molecule has 0 bridgehead atoms. The second kappa shape index (κ2) is 21.1. The number of halogens is 5. The predicted octanol–water partition coefficient (Wildman–Crippen LogP) is 13.3. The summed E-state index contributed by atoms with van der Waals surface area (Å²) in [5.41, 5.74) is 3.64. The van der Waals surface area contributed by atoms with E-state index >= 15 is 0 Å². The Hall–Kier alpha value is -3.76. The van der Waals surface area contributed by atoms with E-state index in [2.05, 4.69) is 61.5 Å². The minimum absolute atomic E-state index is 0.00374. The van der Waals surface area contributed by atoms with Crippen molar-refractivity contribution in [2.45, 2.75) is 160 Å². The molecule has 0 heterocycles. The van der Waals surface area contributed by atoms with E-state index in [0.29, 0.717) is 57.2 Å². The average Bonchev–Trinajstić information content (AvgIpc) is 3.56. The van der Waals surface area contributed by atoms with E-state index < -0.39 is 30.0 Å². The van der Waals surface area contributed by atoms with Crippen molar-refractivity contribution in [2.75, 3.05) is 6.61 Å². The second-order valence-corrected chi connectivity index (χ2v) is 18.1. The zero-order valence-electron chi connectivity index (χ0n) is 36.0. The van der Waals surface area contributed by atoms with Crippen LogP contribution in [0, 0.1) is 23.2 Å². The molecule has 0 aromatic heterocycles. The highest BCUT2D eigenvalue weighted by Crippen LogP contribution is 2.65. The number of carbonyl (C=O) groups is 1. The Kier molecular flexibility index (Phi) is 16.1. The summed E-state index contributed by atoms with van der Waals surface area (Å²) in [6.07, 6.45) is 7.49. The van der Waals surface area contributed by atoms with Crippen molar-refractivity contribution in [1.29, 1.82) is 0 Å². The van der Waals surface area contributed by atoms with Gasteiger partial charge in [-0.05, 0) is 129 Å². The van der Waals surface area contributed by atoms with E-state index in [9.17, 15) is 31.9 Å². The molecule has 1 unspecified atom stereocenters. The molecular formula is C51H65F5O5. The summed E-state index contributed by atoms with van der Waals surface area (Å²) in [4.78, 5) is 12.6. The Labute approximate surface area is 359 Å². The maximum atomic E-state index is 13.3. The largest absolute Gasteiger partial charge is 0.489 e. The Bertz CT molecular complexity index is 1850. The topological polar surface area (TPSA) is 65.0 Å². The fourth-order valence-electron chi connectivity index (χ4n) is 10.9. The lowest BCUT2D eigenvalue weighted by Crippen LogP contribution is -2.56. The molecule has 3 aromatic carbocycles. The molecule has 5 nitrogen and oxygen atoms in total. The van der Waals surface area contributed by atoms with Crippen LogP contribution >= 0.6 is 0 Å². The number of hydrogen-bond acceptors (Lipinski definition) is 5. The number of carbonyl (C=O) groups excluding carboxylic acids is 1. The van der Waals surface area contributed by atoms with E-state index in [1.54, 1.807) is 6.92 Å². The molecule has 7 atom stereocenters. The second-order valence-electron chi connectivity index (χ2n) is 18.1. The summed E-state index contributed by atoms with van der Waals surface area (Å²) in [6.45, 7) is 5.36. The molecule has 3 aliphatic rings. The van der Waals surface area contributed by atoms with Gasteiger partial charge >= 0.3 is 18.1 Å². The normalized spacial score (nSPS) is 25.4. The molecule has 1 N–H and O–H groups in total. The van der Waals surface area contributed by atoms with Crippen LogP contribution in [0.15, 0.2) is 91.0 Å². The van der Waals surface area contributed by atoms with Crippen molar-refractivity contribution in [2.24, 2.45) is 23.2 Å². The Morgan fingerprint density at radius 1 is 0.836 bits per heavy atom. The molecule has 0 spiro atoms. The van der Waals surface area contributed by atoms with Crippen LogP contribution in [-0.4, -0.2) is 41.5 Å². The highest BCUT2D eigenvalue weighted by atomic mass is 19.4. The van der Waals surface area contributed by atoms with Crippen molar-refractivity contribution < 1.29 is 46.1 Å². The first kappa shape index (κ1) is 46.7. The number of alkyl halides is 5. The Morgan fingerprint density at radius 2 is 1.51 bits per heavy atom. The number of aliphatic hydroxyl groups is 1. The van der Waals surface area contributed by atoms with Crippen LogP contribution in [0.1, 0.15) is 138 Å². The third-order valence-electron chi connectivity index (χ3n) is 13.9. The van der Waals surface area contributed by atoms with Crippen molar-refractivity contribution in [1.82, 2.24) is 0 Å². The number of allylic oxidation sites excluding steroid dienone is 1. The summed E-state index contributed by atoms with van der Waals surface area (Å²) in [5.74, 6) is -3.81. The maximum absolute atomic E-state index is 13.3. The van der Waals surface area contributed by atoms with E-state index in [1.807, 2.05) is 36.4 Å². The smallest absolute Gasteiger partial charge is 0.453 e. The number of fused-ring (bicyclic) bond motifs is 5. The van der Waals surface area contributed by atoms with Crippen molar-refractivity contribution in [3.05, 3.63) is 113 Å². The van der Waals surface area contributed by atoms with Crippen LogP contribution < -0.4 is 4.74 Å². The molecule has 3 aromatic rings. The van der Waals surface area contributed by atoms with Crippen molar-refractivity contribution >= 4 is 5.97 Å². The molecule has 0 aliphatic heterocycles. The van der Waals surface area contributed by atoms with Crippen LogP contribution in [0.25, 0.3) is 0 Å². The third-order valence-corrected chi connectivity index (χ3v) is 13.9. The number of benzene rings is 3. The number of rotatable bonds is 22. The van der Waals surface area contributed by atoms with Crippen LogP contribution in [0.5, 0.6) is 5.75 Å². The first-order valence-electron chi connectivity index (χ1n) is 22.7. The van der Waals surface area contributed by atoms with Gasteiger partial charge in [0.2, 0.25) is 0 Å². The Morgan fingerprint density at radius 3 is 2.18 bits per heavy atom. The first-order chi connectivity index (χ1) is 29.2. The van der Waals surface area contributed by atoms with Crippen LogP contribution in [0.3, 0.4) is 0 Å². The molecule has 0 radical (unpaired) electrons. The first-order valence-corrected chi connectivity index (χ1v) is 22.7. The minimum Gasteiger partial charge on any atom is -0.489 e. The molecule has 61 heavy (non-hydrogen) atoms. The van der Waals surface area contributed by atoms with Gasteiger partial charge in [0.05, 0.1) is 30.8 Å². The van der Waals surface area contributed by atoms with Gasteiger partial charge in [-0.2, -0.15) is 22.0 Å². The van der Waals surface area contributed by atoms with Gasteiger partial charge in [0, 0.05) is 12.3 Å². The van der Waals surface area contributed by atoms with E-state index in [4.69, 9.17) is 14.2 Å². The van der Waals surface area contributed by atoms with Gasteiger partial charge in [0.1, 0.15) is 12.4 Å². The summed E-state index contributed by atoms with van der Waals surface area (Å²) in [5, 5.41) is 13.1. The van der Waals surface area contributed by atoms with Gasteiger partial charge in [-0.1, -0.05) is 111 Å². The molecule has 0 saturated heterocycles. The monoisotopic (exact) mass is 852 g/mol. The number of ether oxygens (including phenoxy) is 3. The van der Waals surface area contributed by atoms with E-state index in [0.717, 1.165) is 68.2 Å². The number of esters is 1. The zero-order valence-corrected chi connectivity index (χ0v) is 36.0. The van der Waals surface area contributed by atoms with Gasteiger partial charge in [0.15, 0.2) is 0 Å². The van der Waals surface area contributed by atoms with Gasteiger partial charge < -0.3 is 19.3 Å². The molecule has 334 valence electrons. The van der Waals surface area contributed by atoms with Crippen LogP contribution in [0.2, 0.25) is 0 Å². The van der Waals surface area contributed by atoms with E-state index in [-0.39, 0.29) is 42.9 Å². The molecule has 2 fully saturated rings. The highest BCUT2D eigenvalue weighted by Gasteiger charge is 2.63. The zero-order chi connectivity index (χ0) is 43.5. The molecule has 0 amide bonds. The predicted molar refractivity (Wildman–Crippen MR) is 228 cm³/mol. The standard InChI is InChI=1S/C51H65F5O5/c1-3-59-47(57)39(24-16-10-18-32-50(52,53)51(54,55)56)23-15-6-4-5-7-17-31-49(58)36-48(2)44(29-30-45(48)61-35-38-21-13-9-14-22-38)43-27-25-40-33-41(26-28-42(40)46(43)49)60-34-37-19-11-8-12-20-37/h7-9,11-14,17,19-22,26,28,33,39,43-46,58H,3-6,10,15-16,18,23-25,27,29-32,34-36H2,1-2H3/b17-7+/t39?,43-,44-,45-,46+,48-,49+/m0/s1. The lowest BCUT2D eigenvalue weighted by atomic mass is 9.49. The van der Waals surface area contributed by atoms with Gasteiger partial charge in [-0.15, -0.1) is 0 Å². The SMILES string of the molecule is CCOC(=O)C(CCCCC/C=C/C[C@@]1(O)C[C@]2(C)[C@@H](OCc3ccccc3)CC[C@H]2[C@@H]2CCc3cc(OCc4ccccc4)ccc3[C@H]21)CCCCCC(F)(F)C(F)(F)F. The lowest BCUT2D eigenvalue weighted by Gasteiger charge is -2.58. The maximum Gasteiger partial charge on any atom is 0.453 e. The number of hydrogen-bond donors (Lipinski definition) is 1. The average molecular weight is 853 g/mol. The fourth-order valence-corrected chi connectivity index (χ4v) is 10.9. The van der Waals surface area contributed by atoms with Gasteiger partial charge in [0.25, 0.3) is 0 Å². The number of aryl methyl sites for hydroxylation is 1. The van der Waals surface area contributed by atoms with Gasteiger partial charge in [-0.25, -0.2) is 0 Å². The Balaban J connectivity index is 1.07. The van der Waals surface area contributed by atoms with Crippen molar-refractivity contribution in [3.8, 4) is 5.75 Å². The number of unbranched alkanes of at least 4 members (excludes halogenated alkanes) is 5. The molecular weight excluding hydrogens is 788 g/mol. The van der Waals surface area contributed by atoms with Gasteiger partial charge in [-0.3, -0.25) is 4.79 Å². The van der Waals surface area contributed by atoms with E-state index in [1.165, 1.54) is 11.1 Å². The quantitative estimate of drug-likeness (QED) is 0.0472. The highest BCUT2D eigenvalue weighted by molar-refractivity contribution is 5.72. The fraction of sp³-hybridized carbons (Fsp3) is 0.588. The summed E-state index contributed by atoms with van der Waals surface area (Å²) in [7, 11) is 0. The molecule has 3 aliphatic carbocycles. The molecule has 2 saturated carbocycles. The summed E-state index contributed by atoms with van der Waals surface area (Å²) < 4.78 is 82.4. The minimum atomic E-state index is -5.54. The van der Waals surface area contributed by atoms with Crippen molar-refractivity contribution in [3.63, 3.8) is 0 Å².